The average Bonchev–Trinajstić information content (AvgIpc) is 2.51. The van der Waals surface area contributed by atoms with Crippen molar-refractivity contribution in [1.29, 1.82) is 0 Å². The summed E-state index contributed by atoms with van der Waals surface area (Å²) in [4.78, 5) is 0. The zero-order valence-corrected chi connectivity index (χ0v) is 8.97. The summed E-state index contributed by atoms with van der Waals surface area (Å²) in [6.07, 6.45) is 1.06. The third kappa shape index (κ3) is 1.58. The number of hydrogen-bond donors (Lipinski definition) is 2. The second-order valence-electron chi connectivity index (χ2n) is 3.36. The molecule has 0 spiro atoms. The zero-order chi connectivity index (χ0) is 9.26. The van der Waals surface area contributed by atoms with E-state index in [4.69, 9.17) is 5.73 Å². The highest BCUT2D eigenvalue weighted by Crippen LogP contribution is 2.38. The Balaban J connectivity index is 2.34. The molecular weight excluding hydrogens is 228 g/mol. The third-order valence-corrected chi connectivity index (χ3v) is 3.21. The minimum Gasteiger partial charge on any atom is -0.384 e. The summed E-state index contributed by atoms with van der Waals surface area (Å²) in [6, 6.07) is 6.27. The molecular formula is C10H13BrN2. The van der Waals surface area contributed by atoms with Gasteiger partial charge in [0.15, 0.2) is 0 Å². The van der Waals surface area contributed by atoms with Crippen LogP contribution in [0.15, 0.2) is 22.7 Å². The minimum atomic E-state index is 0.579. The van der Waals surface area contributed by atoms with Crippen LogP contribution >= 0.6 is 15.9 Å². The highest BCUT2D eigenvalue weighted by molar-refractivity contribution is 9.10. The summed E-state index contributed by atoms with van der Waals surface area (Å²) in [5, 5.41) is 3.39. The largest absolute Gasteiger partial charge is 0.384 e. The van der Waals surface area contributed by atoms with Crippen molar-refractivity contribution in [2.75, 3.05) is 18.4 Å². The van der Waals surface area contributed by atoms with Crippen molar-refractivity contribution in [3.63, 3.8) is 0 Å². The fraction of sp³-hybridized carbons (Fsp3) is 0.400. The predicted octanol–water partition coefficient (Wildman–Crippen LogP) is 2.31. The molecule has 1 aromatic rings. The van der Waals surface area contributed by atoms with Gasteiger partial charge in [0.25, 0.3) is 0 Å². The summed E-state index contributed by atoms with van der Waals surface area (Å²) in [5.41, 5.74) is 8.23. The lowest BCUT2D eigenvalue weighted by atomic mass is 9.98. The minimum absolute atomic E-state index is 0.579. The van der Waals surface area contributed by atoms with Crippen LogP contribution in [0, 0.1) is 0 Å². The molecule has 0 bridgehead atoms. The molecule has 3 N–H and O–H groups in total. The Labute approximate surface area is 86.6 Å². The van der Waals surface area contributed by atoms with Gasteiger partial charge in [-0.3, -0.25) is 0 Å². The first-order chi connectivity index (χ1) is 6.33. The van der Waals surface area contributed by atoms with E-state index in [0.29, 0.717) is 5.92 Å². The standard InChI is InChI=1S/C10H13BrN2/c11-8-2-1-3-9-10(8)7(4-5-12)6-13-9/h1-3,7,13H,4-6,12H2. The van der Waals surface area contributed by atoms with E-state index >= 15 is 0 Å². The molecule has 0 saturated heterocycles. The lowest BCUT2D eigenvalue weighted by molar-refractivity contribution is 0.683. The first-order valence-electron chi connectivity index (χ1n) is 4.55. The van der Waals surface area contributed by atoms with Crippen LogP contribution in [0.25, 0.3) is 0 Å². The van der Waals surface area contributed by atoms with Crippen molar-refractivity contribution in [3.05, 3.63) is 28.2 Å². The highest BCUT2D eigenvalue weighted by Gasteiger charge is 2.23. The Hall–Kier alpha value is -0.540. The number of nitrogens with one attached hydrogen (secondary N) is 1. The summed E-state index contributed by atoms with van der Waals surface area (Å²) in [5.74, 6) is 0.579. The topological polar surface area (TPSA) is 38.0 Å². The average molecular weight is 241 g/mol. The molecule has 0 aliphatic carbocycles. The molecule has 3 heteroatoms. The van der Waals surface area contributed by atoms with E-state index in [1.54, 1.807) is 0 Å². The van der Waals surface area contributed by atoms with Crippen LogP contribution in [0.3, 0.4) is 0 Å². The normalized spacial score (nSPS) is 19.7. The molecule has 0 radical (unpaired) electrons. The molecule has 13 heavy (non-hydrogen) atoms. The van der Waals surface area contributed by atoms with Crippen molar-refractivity contribution in [2.45, 2.75) is 12.3 Å². The number of rotatable bonds is 2. The number of fused-ring (bicyclic) bond motifs is 1. The molecule has 0 fully saturated rings. The third-order valence-electron chi connectivity index (χ3n) is 2.52. The van der Waals surface area contributed by atoms with Gasteiger partial charge < -0.3 is 11.1 Å². The molecule has 0 amide bonds. The number of halogens is 1. The molecule has 0 aromatic heterocycles. The van der Waals surface area contributed by atoms with Gasteiger partial charge in [-0.2, -0.15) is 0 Å². The highest BCUT2D eigenvalue weighted by atomic mass is 79.9. The van der Waals surface area contributed by atoms with Crippen LogP contribution in [-0.4, -0.2) is 13.1 Å². The lowest BCUT2D eigenvalue weighted by Gasteiger charge is -2.09. The molecule has 1 atom stereocenters. The number of anilines is 1. The van der Waals surface area contributed by atoms with Gasteiger partial charge in [0.05, 0.1) is 0 Å². The Morgan fingerprint density at radius 1 is 1.54 bits per heavy atom. The quantitative estimate of drug-likeness (QED) is 0.833. The van der Waals surface area contributed by atoms with Gasteiger partial charge in [0.2, 0.25) is 0 Å². The summed E-state index contributed by atoms with van der Waals surface area (Å²) < 4.78 is 1.20. The number of hydrogen-bond acceptors (Lipinski definition) is 2. The molecule has 70 valence electrons. The van der Waals surface area contributed by atoms with Crippen LogP contribution in [0.1, 0.15) is 17.9 Å². The fourth-order valence-electron chi connectivity index (χ4n) is 1.89. The molecule has 1 aliphatic heterocycles. The SMILES string of the molecule is NCCC1CNc2cccc(Br)c21. The fourth-order valence-corrected chi connectivity index (χ4v) is 2.58. The van der Waals surface area contributed by atoms with Gasteiger partial charge >= 0.3 is 0 Å². The first-order valence-corrected chi connectivity index (χ1v) is 5.34. The van der Waals surface area contributed by atoms with E-state index in [0.717, 1.165) is 19.5 Å². The number of benzene rings is 1. The van der Waals surface area contributed by atoms with Crippen molar-refractivity contribution in [2.24, 2.45) is 5.73 Å². The molecule has 2 rings (SSSR count). The Morgan fingerprint density at radius 2 is 2.38 bits per heavy atom. The Kier molecular flexibility index (Phi) is 2.56. The van der Waals surface area contributed by atoms with E-state index in [2.05, 4.69) is 39.4 Å². The maximum atomic E-state index is 5.57. The van der Waals surface area contributed by atoms with Gasteiger partial charge in [-0.1, -0.05) is 22.0 Å². The Bertz CT molecular complexity index is 310. The van der Waals surface area contributed by atoms with E-state index in [9.17, 15) is 0 Å². The van der Waals surface area contributed by atoms with Gasteiger partial charge in [-0.15, -0.1) is 0 Å². The van der Waals surface area contributed by atoms with Crippen molar-refractivity contribution in [1.82, 2.24) is 0 Å². The molecule has 0 saturated carbocycles. The van der Waals surface area contributed by atoms with Gasteiger partial charge in [-0.25, -0.2) is 0 Å². The molecule has 1 aromatic carbocycles. The van der Waals surface area contributed by atoms with Gasteiger partial charge in [0, 0.05) is 22.6 Å². The number of nitrogens with two attached hydrogens (primary N) is 1. The summed E-state index contributed by atoms with van der Waals surface area (Å²) in [6.45, 7) is 1.78. The van der Waals surface area contributed by atoms with E-state index in [1.165, 1.54) is 15.7 Å². The van der Waals surface area contributed by atoms with E-state index in [-0.39, 0.29) is 0 Å². The van der Waals surface area contributed by atoms with E-state index < -0.39 is 0 Å². The van der Waals surface area contributed by atoms with Crippen molar-refractivity contribution >= 4 is 21.6 Å². The maximum absolute atomic E-state index is 5.57. The van der Waals surface area contributed by atoms with Crippen LogP contribution in [0.2, 0.25) is 0 Å². The van der Waals surface area contributed by atoms with Crippen LogP contribution in [0.4, 0.5) is 5.69 Å². The molecule has 2 nitrogen and oxygen atoms in total. The van der Waals surface area contributed by atoms with E-state index in [1.807, 2.05) is 0 Å². The summed E-state index contributed by atoms with van der Waals surface area (Å²) >= 11 is 3.58. The van der Waals surface area contributed by atoms with Crippen molar-refractivity contribution < 1.29 is 0 Å². The van der Waals surface area contributed by atoms with Crippen LogP contribution in [-0.2, 0) is 0 Å². The Morgan fingerprint density at radius 3 is 3.15 bits per heavy atom. The summed E-state index contributed by atoms with van der Waals surface area (Å²) in [7, 11) is 0. The molecule has 1 aliphatic rings. The second kappa shape index (κ2) is 3.68. The predicted molar refractivity (Wildman–Crippen MR) is 59.0 cm³/mol. The van der Waals surface area contributed by atoms with Crippen LogP contribution < -0.4 is 11.1 Å². The van der Waals surface area contributed by atoms with Crippen molar-refractivity contribution in [3.8, 4) is 0 Å². The first kappa shape index (κ1) is 9.03. The monoisotopic (exact) mass is 240 g/mol. The van der Waals surface area contributed by atoms with Gasteiger partial charge in [-0.05, 0) is 30.7 Å². The maximum Gasteiger partial charge on any atom is 0.0387 e. The zero-order valence-electron chi connectivity index (χ0n) is 7.39. The lowest BCUT2D eigenvalue weighted by Crippen LogP contribution is -2.09. The smallest absolute Gasteiger partial charge is 0.0387 e. The second-order valence-corrected chi connectivity index (χ2v) is 4.21. The van der Waals surface area contributed by atoms with Crippen LogP contribution in [0.5, 0.6) is 0 Å². The molecule has 1 heterocycles. The molecule has 1 unspecified atom stereocenters. The van der Waals surface area contributed by atoms with Gasteiger partial charge in [0.1, 0.15) is 0 Å².